The van der Waals surface area contributed by atoms with Crippen molar-refractivity contribution in [3.8, 4) is 5.75 Å². The van der Waals surface area contributed by atoms with Crippen LogP contribution in [0.1, 0.15) is 0 Å². The minimum absolute atomic E-state index is 0.581. The molecule has 0 saturated heterocycles. The van der Waals surface area contributed by atoms with Crippen LogP contribution in [0, 0.1) is 0 Å². The number of benzene rings is 2. The topological polar surface area (TPSA) is 68.5 Å². The second kappa shape index (κ2) is 6.14. The summed E-state index contributed by atoms with van der Waals surface area (Å²) in [4.78, 5) is 17.7. The lowest BCUT2D eigenvalue weighted by molar-refractivity contribution is 0.256. The molecule has 2 amide bonds. The molecule has 6 heteroatoms. The van der Waals surface area contributed by atoms with Crippen molar-refractivity contribution >= 4 is 39.9 Å². The normalized spacial score (nSPS) is 10.5. The molecule has 2 N–H and O–H groups in total. The molecule has 0 aliphatic rings. The first-order valence-corrected chi connectivity index (χ1v) is 7.26. The molecule has 1 heterocycles. The molecule has 0 bridgehead atoms. The lowest BCUT2D eigenvalue weighted by Crippen LogP contribution is -2.31. The Balaban J connectivity index is 2.16. The van der Waals surface area contributed by atoms with Gasteiger partial charge in [-0.25, -0.2) is 4.79 Å². The number of carbonyl (C=O) groups is 1. The fourth-order valence-corrected chi connectivity index (χ4v) is 2.58. The molecule has 5 nitrogen and oxygen atoms in total. The molecule has 0 unspecified atom stereocenters. The average molecular weight is 328 g/mol. The number of pyridine rings is 1. The Morgan fingerprint density at radius 3 is 2.57 bits per heavy atom. The van der Waals surface area contributed by atoms with Crippen LogP contribution in [-0.4, -0.2) is 18.1 Å². The number of ether oxygens (including phenoxy) is 1. The summed E-state index contributed by atoms with van der Waals surface area (Å²) in [6.45, 7) is 0. The van der Waals surface area contributed by atoms with E-state index >= 15 is 0 Å². The van der Waals surface area contributed by atoms with E-state index in [0.717, 1.165) is 5.39 Å². The number of aromatic nitrogens is 1. The fourth-order valence-electron chi connectivity index (χ4n) is 2.42. The maximum absolute atomic E-state index is 12.0. The molecule has 0 atom stereocenters. The predicted octanol–water partition coefficient (Wildman–Crippen LogP) is 4.11. The number of rotatable bonds is 3. The minimum Gasteiger partial charge on any atom is -0.497 e. The Bertz CT molecular complexity index is 865. The van der Waals surface area contributed by atoms with Crippen molar-refractivity contribution < 1.29 is 9.53 Å². The van der Waals surface area contributed by atoms with Crippen LogP contribution < -0.4 is 15.4 Å². The first-order valence-electron chi connectivity index (χ1n) is 6.88. The molecule has 116 valence electrons. The van der Waals surface area contributed by atoms with Crippen LogP contribution in [0.2, 0.25) is 5.02 Å². The van der Waals surface area contributed by atoms with Crippen LogP contribution in [-0.2, 0) is 0 Å². The third-order valence-corrected chi connectivity index (χ3v) is 3.71. The van der Waals surface area contributed by atoms with Gasteiger partial charge in [0.05, 0.1) is 24.0 Å². The lowest BCUT2D eigenvalue weighted by Gasteiger charge is -2.22. The van der Waals surface area contributed by atoms with Gasteiger partial charge in [0.15, 0.2) is 0 Å². The largest absolute Gasteiger partial charge is 0.497 e. The Hall–Kier alpha value is -2.79. The molecular weight excluding hydrogens is 314 g/mol. The van der Waals surface area contributed by atoms with Gasteiger partial charge in [-0.05, 0) is 48.5 Å². The van der Waals surface area contributed by atoms with Crippen molar-refractivity contribution in [2.45, 2.75) is 0 Å². The van der Waals surface area contributed by atoms with Crippen LogP contribution >= 0.6 is 11.6 Å². The quantitative estimate of drug-likeness (QED) is 0.787. The van der Waals surface area contributed by atoms with E-state index in [1.807, 2.05) is 6.07 Å². The molecule has 3 aromatic rings. The highest BCUT2D eigenvalue weighted by Gasteiger charge is 2.18. The Morgan fingerprint density at radius 1 is 1.17 bits per heavy atom. The second-order valence-corrected chi connectivity index (χ2v) is 5.30. The molecule has 0 saturated carbocycles. The van der Waals surface area contributed by atoms with E-state index in [0.29, 0.717) is 27.7 Å². The lowest BCUT2D eigenvalue weighted by atomic mass is 10.1. The molecule has 0 aliphatic heterocycles. The number of fused-ring (bicyclic) bond motifs is 1. The molecule has 0 aliphatic carbocycles. The Morgan fingerprint density at radius 2 is 1.91 bits per heavy atom. The van der Waals surface area contributed by atoms with Crippen molar-refractivity contribution in [2.24, 2.45) is 5.73 Å². The number of amides is 2. The van der Waals surface area contributed by atoms with Gasteiger partial charge >= 0.3 is 6.03 Å². The third kappa shape index (κ3) is 2.91. The Labute approximate surface area is 138 Å². The van der Waals surface area contributed by atoms with Gasteiger partial charge < -0.3 is 10.5 Å². The average Bonchev–Trinajstić information content (AvgIpc) is 2.55. The summed E-state index contributed by atoms with van der Waals surface area (Å²) in [5.74, 6) is 0.699. The van der Waals surface area contributed by atoms with Crippen LogP contribution in [0.5, 0.6) is 5.75 Å². The van der Waals surface area contributed by atoms with E-state index < -0.39 is 6.03 Å². The summed E-state index contributed by atoms with van der Waals surface area (Å²) >= 11 is 6.00. The smallest absolute Gasteiger partial charge is 0.323 e. The van der Waals surface area contributed by atoms with Crippen LogP contribution in [0.15, 0.2) is 54.7 Å². The molecule has 1 aromatic heterocycles. The summed E-state index contributed by atoms with van der Waals surface area (Å²) < 4.78 is 5.14. The summed E-state index contributed by atoms with van der Waals surface area (Å²) in [5.41, 5.74) is 7.57. The highest BCUT2D eigenvalue weighted by Crippen LogP contribution is 2.33. The van der Waals surface area contributed by atoms with Crippen molar-refractivity contribution in [2.75, 3.05) is 12.0 Å². The molecule has 0 spiro atoms. The van der Waals surface area contributed by atoms with E-state index in [9.17, 15) is 4.79 Å². The van der Waals surface area contributed by atoms with E-state index in [1.54, 1.807) is 55.8 Å². The zero-order valence-electron chi connectivity index (χ0n) is 12.4. The number of methoxy groups -OCH3 is 1. The van der Waals surface area contributed by atoms with E-state index in [-0.39, 0.29) is 0 Å². The number of carbonyl (C=O) groups excluding carboxylic acids is 1. The second-order valence-electron chi connectivity index (χ2n) is 4.86. The number of halogens is 1. The van der Waals surface area contributed by atoms with Gasteiger partial charge in [0.25, 0.3) is 0 Å². The van der Waals surface area contributed by atoms with E-state index in [1.165, 1.54) is 4.90 Å². The van der Waals surface area contributed by atoms with Crippen molar-refractivity contribution in [3.63, 3.8) is 0 Å². The summed E-state index contributed by atoms with van der Waals surface area (Å²) in [5, 5.41) is 1.36. The predicted molar refractivity (Wildman–Crippen MR) is 91.5 cm³/mol. The number of anilines is 2. The van der Waals surface area contributed by atoms with Gasteiger partial charge in [0.2, 0.25) is 0 Å². The molecule has 0 fully saturated rings. The first kappa shape index (κ1) is 15.1. The van der Waals surface area contributed by atoms with Gasteiger partial charge in [-0.2, -0.15) is 0 Å². The van der Waals surface area contributed by atoms with Crippen molar-refractivity contribution in [3.05, 3.63) is 59.8 Å². The SMILES string of the molecule is COc1ccc(N(C(N)=O)c2ccnc3cc(Cl)ccc23)cc1. The highest BCUT2D eigenvalue weighted by atomic mass is 35.5. The zero-order valence-corrected chi connectivity index (χ0v) is 13.1. The molecule has 0 radical (unpaired) electrons. The van der Waals surface area contributed by atoms with E-state index in [2.05, 4.69) is 4.98 Å². The van der Waals surface area contributed by atoms with Crippen LogP contribution in [0.25, 0.3) is 10.9 Å². The molecular formula is C17H14ClN3O2. The first-order chi connectivity index (χ1) is 11.1. The summed E-state index contributed by atoms with van der Waals surface area (Å²) in [6, 6.07) is 13.5. The number of hydrogen-bond acceptors (Lipinski definition) is 3. The monoisotopic (exact) mass is 327 g/mol. The minimum atomic E-state index is -0.586. The van der Waals surface area contributed by atoms with Gasteiger partial charge in [0, 0.05) is 16.6 Å². The van der Waals surface area contributed by atoms with Crippen molar-refractivity contribution in [1.29, 1.82) is 0 Å². The van der Waals surface area contributed by atoms with Gasteiger partial charge in [-0.15, -0.1) is 0 Å². The summed E-state index contributed by atoms with van der Waals surface area (Å²) in [6.07, 6.45) is 1.62. The maximum Gasteiger partial charge on any atom is 0.323 e. The molecule has 3 rings (SSSR count). The zero-order chi connectivity index (χ0) is 16.4. The van der Waals surface area contributed by atoms with Gasteiger partial charge in [0.1, 0.15) is 5.75 Å². The Kier molecular flexibility index (Phi) is 4.04. The third-order valence-electron chi connectivity index (χ3n) is 3.47. The standard InChI is InChI=1S/C17H14ClN3O2/c1-23-13-5-3-12(4-6-13)21(17(19)22)16-8-9-20-15-10-11(18)2-7-14(15)16/h2-10H,1H3,(H2,19,22). The van der Waals surface area contributed by atoms with Crippen LogP contribution in [0.4, 0.5) is 16.2 Å². The van der Waals surface area contributed by atoms with Gasteiger partial charge in [-0.3, -0.25) is 9.88 Å². The maximum atomic E-state index is 12.0. The summed E-state index contributed by atoms with van der Waals surface area (Å²) in [7, 11) is 1.58. The van der Waals surface area contributed by atoms with Gasteiger partial charge in [-0.1, -0.05) is 11.6 Å². The van der Waals surface area contributed by atoms with Crippen molar-refractivity contribution in [1.82, 2.24) is 4.98 Å². The van der Waals surface area contributed by atoms with Crippen LogP contribution in [0.3, 0.4) is 0 Å². The molecule has 2 aromatic carbocycles. The number of urea groups is 1. The number of nitrogens with two attached hydrogens (primary N) is 1. The number of hydrogen-bond donors (Lipinski definition) is 1. The molecule has 23 heavy (non-hydrogen) atoms. The highest BCUT2D eigenvalue weighted by molar-refractivity contribution is 6.31. The number of primary amides is 1. The fraction of sp³-hybridized carbons (Fsp3) is 0.0588. The van der Waals surface area contributed by atoms with E-state index in [4.69, 9.17) is 22.1 Å². The number of nitrogens with zero attached hydrogens (tertiary/aromatic N) is 2.